The molecule has 8 heteroatoms. The highest BCUT2D eigenvalue weighted by Crippen LogP contribution is 2.37. The Bertz CT molecular complexity index is 911. The van der Waals surface area contributed by atoms with Crippen LogP contribution in [-0.2, 0) is 9.53 Å². The second-order valence-electron chi connectivity index (χ2n) is 5.18. The lowest BCUT2D eigenvalue weighted by atomic mass is 10.0. The number of nitrogens with two attached hydrogens (primary N) is 1. The molecule has 134 valence electrons. The van der Waals surface area contributed by atoms with Gasteiger partial charge in [0, 0.05) is 16.6 Å². The molecule has 0 atom stereocenters. The minimum atomic E-state index is -0.870. The summed E-state index contributed by atoms with van der Waals surface area (Å²) in [6, 6.07) is 7.42. The van der Waals surface area contributed by atoms with Gasteiger partial charge >= 0.3 is 5.97 Å². The summed E-state index contributed by atoms with van der Waals surface area (Å²) in [4.78, 5) is 23.8. The van der Waals surface area contributed by atoms with Gasteiger partial charge in [-0.25, -0.2) is 9.18 Å². The molecule has 1 aromatic carbocycles. The molecule has 0 aliphatic heterocycles. The van der Waals surface area contributed by atoms with Crippen LogP contribution in [0, 0.1) is 17.1 Å². The summed E-state index contributed by atoms with van der Waals surface area (Å²) < 4.78 is 18.3. The molecule has 0 saturated heterocycles. The second kappa shape index (κ2) is 8.27. The summed E-state index contributed by atoms with van der Waals surface area (Å²) >= 11 is 1.20. The molecule has 1 amide bonds. The molecule has 6 nitrogen and oxygen atoms in total. The minimum absolute atomic E-state index is 0.177. The quantitative estimate of drug-likeness (QED) is 0.458. The Hall–Kier alpha value is -3.18. The molecule has 1 aromatic heterocycles. The first kappa shape index (κ1) is 19.1. The van der Waals surface area contributed by atoms with Crippen molar-refractivity contribution in [1.82, 2.24) is 0 Å². The van der Waals surface area contributed by atoms with Crippen molar-refractivity contribution in [3.8, 4) is 17.2 Å². The third-order valence-corrected chi connectivity index (χ3v) is 4.36. The monoisotopic (exact) mass is 373 g/mol. The van der Waals surface area contributed by atoms with Crippen molar-refractivity contribution in [1.29, 1.82) is 5.26 Å². The summed E-state index contributed by atoms with van der Waals surface area (Å²) in [7, 11) is 0. The second-order valence-corrected chi connectivity index (χ2v) is 6.06. The first-order chi connectivity index (χ1) is 12.4. The summed E-state index contributed by atoms with van der Waals surface area (Å²) in [5.41, 5.74) is 6.59. The average Bonchev–Trinajstić information content (AvgIpc) is 2.99. The summed E-state index contributed by atoms with van der Waals surface area (Å²) in [6.45, 7) is 3.37. The van der Waals surface area contributed by atoms with Crippen LogP contribution in [0.3, 0.4) is 0 Å². The van der Waals surface area contributed by atoms with Crippen LogP contribution in [0.2, 0.25) is 0 Å². The maximum atomic E-state index is 13.2. The Morgan fingerprint density at radius 3 is 2.54 bits per heavy atom. The first-order valence-electron chi connectivity index (χ1n) is 7.61. The van der Waals surface area contributed by atoms with E-state index in [0.717, 1.165) is 0 Å². The van der Waals surface area contributed by atoms with Gasteiger partial charge in [0.05, 0.1) is 6.61 Å². The number of carbonyl (C=O) groups is 2. The van der Waals surface area contributed by atoms with Gasteiger partial charge in [0.2, 0.25) is 0 Å². The van der Waals surface area contributed by atoms with Crippen LogP contribution in [0.4, 0.5) is 9.39 Å². The van der Waals surface area contributed by atoms with Crippen LogP contribution in [0.5, 0.6) is 0 Å². The van der Waals surface area contributed by atoms with Gasteiger partial charge in [0.25, 0.3) is 5.91 Å². The highest BCUT2D eigenvalue weighted by molar-refractivity contribution is 7.15. The molecule has 2 aromatic rings. The highest BCUT2D eigenvalue weighted by atomic mass is 32.1. The Kier molecular flexibility index (Phi) is 6.09. The van der Waals surface area contributed by atoms with Crippen molar-refractivity contribution in [2.45, 2.75) is 13.8 Å². The average molecular weight is 373 g/mol. The molecule has 0 aliphatic rings. The zero-order valence-corrected chi connectivity index (χ0v) is 14.9. The summed E-state index contributed by atoms with van der Waals surface area (Å²) in [5.74, 6) is -1.83. The van der Waals surface area contributed by atoms with Crippen LogP contribution in [0.25, 0.3) is 11.1 Å². The standard InChI is InChI=1S/C18H16FN3O3S/c1-3-25-18(24)15-14(11-4-6-12(19)7-5-11)9-26-17(15)22-10(2)13(8-20)16(21)23/h4-7,9,22H,3H2,1-2H3,(H2,21,23). The van der Waals surface area contributed by atoms with Crippen molar-refractivity contribution in [3.05, 3.63) is 52.3 Å². The van der Waals surface area contributed by atoms with Crippen molar-refractivity contribution in [2.24, 2.45) is 5.73 Å². The van der Waals surface area contributed by atoms with E-state index in [1.54, 1.807) is 30.5 Å². The van der Waals surface area contributed by atoms with E-state index in [-0.39, 0.29) is 29.3 Å². The smallest absolute Gasteiger partial charge is 0.341 e. The molecule has 0 radical (unpaired) electrons. The van der Waals surface area contributed by atoms with Gasteiger partial charge in [-0.15, -0.1) is 11.3 Å². The number of ether oxygens (including phenoxy) is 1. The number of carbonyl (C=O) groups excluding carboxylic acids is 2. The number of hydrogen-bond acceptors (Lipinski definition) is 6. The number of nitriles is 1. The Morgan fingerprint density at radius 1 is 1.35 bits per heavy atom. The number of anilines is 1. The van der Waals surface area contributed by atoms with E-state index in [2.05, 4.69) is 5.32 Å². The Balaban J connectivity index is 2.54. The topological polar surface area (TPSA) is 105 Å². The van der Waals surface area contributed by atoms with Crippen LogP contribution in [0.1, 0.15) is 24.2 Å². The van der Waals surface area contributed by atoms with Crippen molar-refractivity contribution >= 4 is 28.2 Å². The van der Waals surface area contributed by atoms with Crippen LogP contribution in [-0.4, -0.2) is 18.5 Å². The van der Waals surface area contributed by atoms with Crippen molar-refractivity contribution < 1.29 is 18.7 Å². The number of allylic oxidation sites excluding steroid dienone is 1. The fraction of sp³-hybridized carbons (Fsp3) is 0.167. The number of amides is 1. The van der Waals surface area contributed by atoms with Crippen molar-refractivity contribution in [3.63, 3.8) is 0 Å². The highest BCUT2D eigenvalue weighted by Gasteiger charge is 2.22. The number of hydrogen-bond donors (Lipinski definition) is 2. The van der Waals surface area contributed by atoms with E-state index < -0.39 is 11.9 Å². The predicted molar refractivity (Wildman–Crippen MR) is 96.8 cm³/mol. The third-order valence-electron chi connectivity index (χ3n) is 3.46. The van der Waals surface area contributed by atoms with Gasteiger partial charge in [0.15, 0.2) is 0 Å². The number of esters is 1. The Labute approximate surface area is 153 Å². The molecule has 0 saturated carbocycles. The molecule has 0 unspecified atom stereocenters. The summed E-state index contributed by atoms with van der Waals surface area (Å²) in [5, 5.41) is 14.0. The van der Waals surface area contributed by atoms with Gasteiger partial charge in [0.1, 0.15) is 28.0 Å². The maximum absolute atomic E-state index is 13.2. The van der Waals surface area contributed by atoms with Gasteiger partial charge in [-0.1, -0.05) is 12.1 Å². The molecule has 2 rings (SSSR count). The lowest BCUT2D eigenvalue weighted by Crippen LogP contribution is -2.17. The fourth-order valence-corrected chi connectivity index (χ4v) is 3.27. The van der Waals surface area contributed by atoms with Crippen molar-refractivity contribution in [2.75, 3.05) is 11.9 Å². The van der Waals surface area contributed by atoms with E-state index in [9.17, 15) is 14.0 Å². The molecule has 0 fully saturated rings. The lowest BCUT2D eigenvalue weighted by Gasteiger charge is -2.10. The molecular weight excluding hydrogens is 357 g/mol. The van der Waals surface area contributed by atoms with Gasteiger partial charge < -0.3 is 15.8 Å². The molecule has 3 N–H and O–H groups in total. The largest absolute Gasteiger partial charge is 0.462 e. The van der Waals surface area contributed by atoms with E-state index in [4.69, 9.17) is 15.7 Å². The number of nitrogens with zero attached hydrogens (tertiary/aromatic N) is 1. The predicted octanol–water partition coefficient (Wildman–Crippen LogP) is 3.43. The number of thiophene rings is 1. The summed E-state index contributed by atoms with van der Waals surface area (Å²) in [6.07, 6.45) is 0. The normalized spacial score (nSPS) is 11.3. The number of rotatable bonds is 6. The first-order valence-corrected chi connectivity index (χ1v) is 8.49. The van der Waals surface area contributed by atoms with Gasteiger partial charge in [-0.2, -0.15) is 5.26 Å². The van der Waals surface area contributed by atoms with Gasteiger partial charge in [-0.3, -0.25) is 4.79 Å². The van der Waals surface area contributed by atoms with Crippen LogP contribution < -0.4 is 11.1 Å². The molecule has 0 spiro atoms. The molecule has 26 heavy (non-hydrogen) atoms. The zero-order valence-electron chi connectivity index (χ0n) is 14.1. The maximum Gasteiger partial charge on any atom is 0.341 e. The lowest BCUT2D eigenvalue weighted by molar-refractivity contribution is -0.114. The Morgan fingerprint density at radius 2 is 2.00 bits per heavy atom. The third kappa shape index (κ3) is 4.07. The zero-order chi connectivity index (χ0) is 19.3. The number of primary amides is 1. The SMILES string of the molecule is CCOC(=O)c1c(-c2ccc(F)cc2)csc1NC(C)=C(C#N)C(N)=O. The number of halogens is 1. The van der Waals surface area contributed by atoms with Crippen LogP contribution in [0.15, 0.2) is 40.9 Å². The molecule has 0 bridgehead atoms. The number of benzene rings is 1. The van der Waals surface area contributed by atoms with E-state index >= 15 is 0 Å². The molecule has 0 aliphatic carbocycles. The molecular formula is C18H16FN3O3S. The minimum Gasteiger partial charge on any atom is -0.462 e. The fourth-order valence-electron chi connectivity index (χ4n) is 2.25. The van der Waals surface area contributed by atoms with E-state index in [1.165, 1.54) is 30.4 Å². The van der Waals surface area contributed by atoms with Crippen LogP contribution >= 0.6 is 11.3 Å². The van der Waals surface area contributed by atoms with E-state index in [0.29, 0.717) is 16.1 Å². The van der Waals surface area contributed by atoms with Gasteiger partial charge in [-0.05, 0) is 31.5 Å². The number of nitrogens with one attached hydrogen (secondary N) is 1. The van der Waals surface area contributed by atoms with E-state index in [1.807, 2.05) is 0 Å². The molecule has 1 heterocycles.